The van der Waals surface area contributed by atoms with Crippen molar-refractivity contribution in [3.8, 4) is 0 Å². The molecule has 0 spiro atoms. The smallest absolute Gasteiger partial charge is 0.0458 e. The molecule has 1 heterocycles. The third kappa shape index (κ3) is 3.12. The summed E-state index contributed by atoms with van der Waals surface area (Å²) in [7, 11) is 0. The minimum absolute atomic E-state index is 0.101. The van der Waals surface area contributed by atoms with Crippen LogP contribution in [0.1, 0.15) is 108 Å². The zero-order chi connectivity index (χ0) is 26.7. The summed E-state index contributed by atoms with van der Waals surface area (Å²) < 4.78 is 0. The molecule has 4 aliphatic carbocycles. The topological polar surface area (TPSA) is 15.8 Å². The van der Waals surface area contributed by atoms with Crippen LogP contribution in [0.5, 0.6) is 0 Å². The molecule has 3 aromatic rings. The fourth-order valence-corrected chi connectivity index (χ4v) is 10.5. The van der Waals surface area contributed by atoms with Crippen molar-refractivity contribution in [2.45, 2.75) is 97.8 Å². The van der Waals surface area contributed by atoms with Crippen molar-refractivity contribution >= 4 is 22.5 Å². The Morgan fingerprint density at radius 1 is 0.947 bits per heavy atom. The van der Waals surface area contributed by atoms with Crippen LogP contribution in [0.2, 0.25) is 5.02 Å². The molecular formula is C36H44ClN. The molecule has 4 aliphatic rings. The molecule has 2 heteroatoms. The number of aromatic amines is 1. The van der Waals surface area contributed by atoms with Gasteiger partial charge in [0.2, 0.25) is 0 Å². The van der Waals surface area contributed by atoms with Gasteiger partial charge in [-0.1, -0.05) is 82.5 Å². The lowest BCUT2D eigenvalue weighted by Crippen LogP contribution is -2.61. The first-order valence-corrected chi connectivity index (χ1v) is 15.5. The van der Waals surface area contributed by atoms with Crippen LogP contribution >= 0.6 is 11.6 Å². The van der Waals surface area contributed by atoms with Crippen molar-refractivity contribution < 1.29 is 0 Å². The average Bonchev–Trinajstić information content (AvgIpc) is 3.30. The van der Waals surface area contributed by atoms with E-state index in [9.17, 15) is 0 Å². The van der Waals surface area contributed by atoms with E-state index in [1.54, 1.807) is 11.1 Å². The van der Waals surface area contributed by atoms with Gasteiger partial charge in [-0.15, -0.1) is 0 Å². The van der Waals surface area contributed by atoms with Gasteiger partial charge < -0.3 is 4.98 Å². The number of nitrogens with one attached hydrogen (secondary N) is 1. The summed E-state index contributed by atoms with van der Waals surface area (Å²) in [5, 5.41) is 2.07. The summed E-state index contributed by atoms with van der Waals surface area (Å²) in [5.41, 5.74) is 9.96. The Kier molecular flexibility index (Phi) is 5.29. The molecule has 0 saturated heterocycles. The van der Waals surface area contributed by atoms with Crippen LogP contribution in [0, 0.1) is 35.0 Å². The Morgan fingerprint density at radius 2 is 1.76 bits per heavy atom. The standard InChI is InChI=1S/C36H44ClN/c1-22-12-13-33(3)14-16-36(6)31-20-26(27-21-38-29-11-10-24(37)19-25(27)29)32-23(2)8-7-9-28(32)34(31,4)15-17-35(36,5)30(33)18-22/h7-11,19-22,26,30,38H,12-18H2,1-6H3/t22?,26?,30?,33?,34?,35-,36?/m0/s1. The van der Waals surface area contributed by atoms with E-state index in [4.69, 9.17) is 11.6 Å². The molecule has 200 valence electrons. The fourth-order valence-electron chi connectivity index (χ4n) is 10.3. The Morgan fingerprint density at radius 3 is 2.58 bits per heavy atom. The molecule has 0 amide bonds. The number of allylic oxidation sites excluding steroid dienone is 2. The van der Waals surface area contributed by atoms with Crippen molar-refractivity contribution in [2.75, 3.05) is 0 Å². The van der Waals surface area contributed by atoms with E-state index in [0.717, 1.165) is 16.9 Å². The molecule has 7 atom stereocenters. The molecule has 0 radical (unpaired) electrons. The molecule has 7 rings (SSSR count). The van der Waals surface area contributed by atoms with Crippen LogP contribution in [-0.4, -0.2) is 4.98 Å². The zero-order valence-electron chi connectivity index (χ0n) is 24.2. The van der Waals surface area contributed by atoms with E-state index in [0.29, 0.717) is 10.8 Å². The van der Waals surface area contributed by atoms with E-state index < -0.39 is 0 Å². The lowest BCUT2D eigenvalue weighted by atomic mass is 9.35. The molecule has 6 unspecified atom stereocenters. The second-order valence-electron chi connectivity index (χ2n) is 14.7. The normalized spacial score (nSPS) is 40.1. The summed E-state index contributed by atoms with van der Waals surface area (Å²) in [5.74, 6) is 1.92. The van der Waals surface area contributed by atoms with Crippen molar-refractivity contribution in [1.82, 2.24) is 4.98 Å². The summed E-state index contributed by atoms with van der Waals surface area (Å²) in [6.45, 7) is 15.5. The highest BCUT2D eigenvalue weighted by Crippen LogP contribution is 2.74. The summed E-state index contributed by atoms with van der Waals surface area (Å²) in [4.78, 5) is 3.58. The lowest BCUT2D eigenvalue weighted by molar-refractivity contribution is -0.145. The Balaban J connectivity index is 1.46. The number of aromatic nitrogens is 1. The Bertz CT molecular complexity index is 1480. The average molecular weight is 526 g/mol. The lowest BCUT2D eigenvalue weighted by Gasteiger charge is -2.69. The van der Waals surface area contributed by atoms with Gasteiger partial charge in [-0.25, -0.2) is 0 Å². The van der Waals surface area contributed by atoms with Gasteiger partial charge in [0.1, 0.15) is 0 Å². The third-order valence-electron chi connectivity index (χ3n) is 12.8. The van der Waals surface area contributed by atoms with Gasteiger partial charge in [-0.2, -0.15) is 0 Å². The van der Waals surface area contributed by atoms with E-state index in [1.165, 1.54) is 72.5 Å². The fraction of sp³-hybridized carbons (Fsp3) is 0.556. The van der Waals surface area contributed by atoms with E-state index in [-0.39, 0.29) is 16.7 Å². The van der Waals surface area contributed by atoms with Crippen molar-refractivity contribution in [1.29, 1.82) is 0 Å². The van der Waals surface area contributed by atoms with E-state index >= 15 is 0 Å². The predicted molar refractivity (Wildman–Crippen MR) is 161 cm³/mol. The van der Waals surface area contributed by atoms with Crippen molar-refractivity contribution in [2.24, 2.45) is 28.1 Å². The monoisotopic (exact) mass is 525 g/mol. The first-order chi connectivity index (χ1) is 18.0. The Labute approximate surface area is 234 Å². The van der Waals surface area contributed by atoms with E-state index in [2.05, 4.69) is 89.1 Å². The number of fused-ring (bicyclic) bond motifs is 8. The quantitative estimate of drug-likeness (QED) is 0.304. The Hall–Kier alpha value is -1.99. The highest BCUT2D eigenvalue weighted by atomic mass is 35.5. The van der Waals surface area contributed by atoms with Crippen molar-refractivity contribution in [3.63, 3.8) is 0 Å². The molecule has 0 bridgehead atoms. The predicted octanol–water partition coefficient (Wildman–Crippen LogP) is 10.5. The van der Waals surface area contributed by atoms with E-state index in [1.807, 2.05) is 6.07 Å². The number of rotatable bonds is 1. The number of halogens is 1. The van der Waals surface area contributed by atoms with Gasteiger partial charge in [-0.05, 0) is 114 Å². The van der Waals surface area contributed by atoms with Gasteiger partial charge in [0.25, 0.3) is 0 Å². The maximum atomic E-state index is 6.54. The number of H-pyrrole nitrogens is 1. The first-order valence-electron chi connectivity index (χ1n) is 15.1. The molecule has 1 nitrogen and oxygen atoms in total. The highest BCUT2D eigenvalue weighted by Gasteiger charge is 2.65. The van der Waals surface area contributed by atoms with Gasteiger partial charge in [0, 0.05) is 33.5 Å². The van der Waals surface area contributed by atoms with Gasteiger partial charge in [-0.3, -0.25) is 0 Å². The summed E-state index contributed by atoms with van der Waals surface area (Å²) in [6.07, 6.45) is 14.5. The van der Waals surface area contributed by atoms with Gasteiger partial charge in [0.15, 0.2) is 0 Å². The molecule has 0 aliphatic heterocycles. The number of hydrogen-bond donors (Lipinski definition) is 1. The van der Waals surface area contributed by atoms with Gasteiger partial charge in [0.05, 0.1) is 0 Å². The third-order valence-corrected chi connectivity index (χ3v) is 13.1. The van der Waals surface area contributed by atoms with Gasteiger partial charge >= 0.3 is 0 Å². The first kappa shape index (κ1) is 25.0. The molecule has 1 N–H and O–H groups in total. The molecule has 3 fully saturated rings. The second-order valence-corrected chi connectivity index (χ2v) is 15.1. The van der Waals surface area contributed by atoms with Crippen LogP contribution in [0.3, 0.4) is 0 Å². The SMILES string of the molecule is Cc1cccc2c1C(c1c[nH]c3ccc(Cl)cc13)C=C1C2(C)CC[C@@]2(C)C3CC(C)CCC3(C)CCC12C. The minimum Gasteiger partial charge on any atom is -0.361 e. The molecule has 38 heavy (non-hydrogen) atoms. The summed E-state index contributed by atoms with van der Waals surface area (Å²) in [6, 6.07) is 13.4. The van der Waals surface area contributed by atoms with Crippen LogP contribution in [0.4, 0.5) is 0 Å². The number of benzene rings is 2. The van der Waals surface area contributed by atoms with Crippen LogP contribution in [-0.2, 0) is 5.41 Å². The maximum absolute atomic E-state index is 6.54. The molecule has 3 saturated carbocycles. The van der Waals surface area contributed by atoms with Crippen molar-refractivity contribution in [3.05, 3.63) is 81.5 Å². The molecule has 2 aromatic carbocycles. The number of hydrogen-bond acceptors (Lipinski definition) is 0. The highest BCUT2D eigenvalue weighted by molar-refractivity contribution is 6.31. The van der Waals surface area contributed by atoms with Crippen LogP contribution in [0.15, 0.2) is 54.2 Å². The second kappa shape index (κ2) is 8.03. The zero-order valence-corrected chi connectivity index (χ0v) is 24.9. The maximum Gasteiger partial charge on any atom is 0.0458 e. The summed E-state index contributed by atoms with van der Waals surface area (Å²) >= 11 is 6.54. The number of aryl methyl sites for hydroxylation is 1. The molecule has 1 aromatic heterocycles. The largest absolute Gasteiger partial charge is 0.361 e. The van der Waals surface area contributed by atoms with Crippen LogP contribution in [0.25, 0.3) is 10.9 Å². The minimum atomic E-state index is 0.101. The molecular weight excluding hydrogens is 482 g/mol. The van der Waals surface area contributed by atoms with Crippen LogP contribution < -0.4 is 0 Å².